The molecule has 0 bridgehead atoms. The molecular weight excluding hydrogens is 272 g/mol. The highest BCUT2D eigenvalue weighted by molar-refractivity contribution is 7.99. The average molecular weight is 289 g/mol. The number of halogens is 1. The lowest BCUT2D eigenvalue weighted by Crippen LogP contribution is -2.41. The van der Waals surface area contributed by atoms with E-state index < -0.39 is 0 Å². The summed E-state index contributed by atoms with van der Waals surface area (Å²) >= 11 is 7.74. The summed E-state index contributed by atoms with van der Waals surface area (Å²) in [6.45, 7) is 1.99. The predicted octanol–water partition coefficient (Wildman–Crippen LogP) is 2.21. The Labute approximate surface area is 115 Å². The van der Waals surface area contributed by atoms with Crippen LogP contribution >= 0.6 is 23.4 Å². The number of nitrogens with zero attached hydrogens (tertiary/aromatic N) is 1. The molecular formula is C12H17ClN2O2S. The fourth-order valence-corrected chi connectivity index (χ4v) is 3.67. The van der Waals surface area contributed by atoms with Gasteiger partial charge in [-0.3, -0.25) is 14.3 Å². The summed E-state index contributed by atoms with van der Waals surface area (Å²) < 4.78 is 1.36. The van der Waals surface area contributed by atoms with Crippen LogP contribution in [0.5, 0.6) is 0 Å². The smallest absolute Gasteiger partial charge is 0.297 e. The second-order valence-electron chi connectivity index (χ2n) is 4.52. The van der Waals surface area contributed by atoms with E-state index in [1.807, 2.05) is 6.92 Å². The lowest BCUT2D eigenvalue weighted by molar-refractivity contribution is 0.462. The van der Waals surface area contributed by atoms with E-state index >= 15 is 0 Å². The van der Waals surface area contributed by atoms with Crippen LogP contribution in [0.1, 0.15) is 37.8 Å². The highest BCUT2D eigenvalue weighted by Gasteiger charge is 2.21. The summed E-state index contributed by atoms with van der Waals surface area (Å²) in [5.74, 6) is 1.94. The number of hydrogen-bond donors (Lipinski definition) is 1. The molecule has 4 nitrogen and oxygen atoms in total. The van der Waals surface area contributed by atoms with E-state index in [0.29, 0.717) is 12.0 Å². The van der Waals surface area contributed by atoms with Crippen LogP contribution in [-0.2, 0) is 6.42 Å². The molecule has 2 heterocycles. The molecule has 0 saturated carbocycles. The minimum Gasteiger partial charge on any atom is -0.297 e. The fraction of sp³-hybridized carbons (Fsp3) is 0.667. The van der Waals surface area contributed by atoms with Gasteiger partial charge in [-0.05, 0) is 25.0 Å². The molecule has 0 spiro atoms. The van der Waals surface area contributed by atoms with Gasteiger partial charge in [0.1, 0.15) is 5.15 Å². The van der Waals surface area contributed by atoms with Gasteiger partial charge in [0, 0.05) is 5.75 Å². The molecule has 18 heavy (non-hydrogen) atoms. The van der Waals surface area contributed by atoms with Crippen LogP contribution in [-0.4, -0.2) is 21.1 Å². The second-order valence-corrected chi connectivity index (χ2v) is 6.05. The molecule has 1 aliphatic rings. The summed E-state index contributed by atoms with van der Waals surface area (Å²) in [7, 11) is 0. The quantitative estimate of drug-likeness (QED) is 0.868. The lowest BCUT2D eigenvalue weighted by Gasteiger charge is -2.23. The number of hydrogen-bond acceptors (Lipinski definition) is 3. The van der Waals surface area contributed by atoms with Gasteiger partial charge in [0.25, 0.3) is 5.56 Å². The van der Waals surface area contributed by atoms with Crippen LogP contribution in [0.3, 0.4) is 0 Å². The topological polar surface area (TPSA) is 54.9 Å². The molecule has 1 unspecified atom stereocenters. The van der Waals surface area contributed by atoms with Crippen molar-refractivity contribution >= 4 is 23.4 Å². The van der Waals surface area contributed by atoms with Crippen molar-refractivity contribution in [2.24, 2.45) is 0 Å². The van der Waals surface area contributed by atoms with Gasteiger partial charge in [-0.15, -0.1) is 0 Å². The Kier molecular flexibility index (Phi) is 4.56. The third-order valence-electron chi connectivity index (χ3n) is 3.18. The van der Waals surface area contributed by atoms with E-state index in [1.165, 1.54) is 4.57 Å². The number of H-pyrrole nitrogens is 1. The van der Waals surface area contributed by atoms with Crippen molar-refractivity contribution < 1.29 is 0 Å². The summed E-state index contributed by atoms with van der Waals surface area (Å²) in [6, 6.07) is 0.00729. The van der Waals surface area contributed by atoms with Crippen LogP contribution < -0.4 is 11.2 Å². The van der Waals surface area contributed by atoms with Gasteiger partial charge in [0.05, 0.1) is 11.6 Å². The summed E-state index contributed by atoms with van der Waals surface area (Å²) in [5, 5.41) is 0.201. The number of thioether (sulfide) groups is 1. The van der Waals surface area contributed by atoms with Crippen molar-refractivity contribution in [1.29, 1.82) is 0 Å². The number of aromatic nitrogens is 2. The van der Waals surface area contributed by atoms with Crippen LogP contribution in [0.25, 0.3) is 0 Å². The van der Waals surface area contributed by atoms with Gasteiger partial charge < -0.3 is 0 Å². The Morgan fingerprint density at radius 2 is 2.28 bits per heavy atom. The molecule has 1 N–H and O–H groups in total. The number of aromatic amines is 1. The Bertz CT molecular complexity index is 532. The maximum absolute atomic E-state index is 12.3. The summed E-state index contributed by atoms with van der Waals surface area (Å²) in [5.41, 5.74) is -0.0511. The summed E-state index contributed by atoms with van der Waals surface area (Å²) in [6.07, 6.45) is 3.38. The van der Waals surface area contributed by atoms with E-state index in [9.17, 15) is 9.59 Å². The van der Waals surface area contributed by atoms with E-state index in [4.69, 9.17) is 11.6 Å². The predicted molar refractivity (Wildman–Crippen MR) is 75.9 cm³/mol. The van der Waals surface area contributed by atoms with Crippen molar-refractivity contribution in [1.82, 2.24) is 9.55 Å². The molecule has 1 aromatic heterocycles. The zero-order chi connectivity index (χ0) is 13.1. The average Bonchev–Trinajstić information content (AvgIpc) is 2.35. The van der Waals surface area contributed by atoms with Crippen molar-refractivity contribution in [2.45, 2.75) is 38.6 Å². The lowest BCUT2D eigenvalue weighted by atomic mass is 10.1. The SMILES string of the molecule is CCCc1c(Cl)[nH]c(=O)n(C2CCCSC2)c1=O. The molecule has 0 aromatic carbocycles. The molecule has 1 aliphatic heterocycles. The van der Waals surface area contributed by atoms with Gasteiger partial charge in [-0.25, -0.2) is 4.79 Å². The van der Waals surface area contributed by atoms with Crippen LogP contribution in [0.15, 0.2) is 9.59 Å². The minimum atomic E-state index is -0.377. The third kappa shape index (κ3) is 2.67. The first kappa shape index (κ1) is 13.7. The van der Waals surface area contributed by atoms with Gasteiger partial charge in [0.2, 0.25) is 0 Å². The van der Waals surface area contributed by atoms with Gasteiger partial charge >= 0.3 is 5.69 Å². The summed E-state index contributed by atoms with van der Waals surface area (Å²) in [4.78, 5) is 26.9. The Morgan fingerprint density at radius 1 is 1.50 bits per heavy atom. The highest BCUT2D eigenvalue weighted by atomic mass is 35.5. The molecule has 2 rings (SSSR count). The molecule has 1 saturated heterocycles. The van der Waals surface area contributed by atoms with Crippen LogP contribution in [0.2, 0.25) is 5.15 Å². The Balaban J connectivity index is 2.49. The normalized spacial score (nSPS) is 20.0. The first-order valence-corrected chi connectivity index (χ1v) is 7.79. The molecule has 1 aromatic rings. The molecule has 1 atom stereocenters. The molecule has 100 valence electrons. The van der Waals surface area contributed by atoms with E-state index in [1.54, 1.807) is 11.8 Å². The van der Waals surface area contributed by atoms with Crippen LogP contribution in [0.4, 0.5) is 0 Å². The maximum atomic E-state index is 12.3. The van der Waals surface area contributed by atoms with E-state index in [2.05, 4.69) is 4.98 Å². The zero-order valence-electron chi connectivity index (χ0n) is 10.4. The number of rotatable bonds is 3. The fourth-order valence-electron chi connectivity index (χ4n) is 2.29. The van der Waals surface area contributed by atoms with Gasteiger partial charge in [-0.1, -0.05) is 24.9 Å². The molecule has 1 fully saturated rings. The first-order chi connectivity index (χ1) is 8.65. The molecule has 0 radical (unpaired) electrons. The van der Waals surface area contributed by atoms with Crippen LogP contribution in [0, 0.1) is 0 Å². The zero-order valence-corrected chi connectivity index (χ0v) is 11.9. The largest absolute Gasteiger partial charge is 0.329 e. The van der Waals surface area contributed by atoms with Crippen molar-refractivity contribution in [3.8, 4) is 0 Å². The monoisotopic (exact) mass is 288 g/mol. The first-order valence-electron chi connectivity index (χ1n) is 6.26. The van der Waals surface area contributed by atoms with Crippen molar-refractivity contribution in [2.75, 3.05) is 11.5 Å². The Morgan fingerprint density at radius 3 is 2.89 bits per heavy atom. The Hall–Kier alpha value is -0.680. The van der Waals surface area contributed by atoms with Crippen molar-refractivity contribution in [3.05, 3.63) is 31.6 Å². The standard InChI is InChI=1S/C12H17ClN2O2S/c1-2-4-9-10(13)14-12(17)15(11(9)16)8-5-3-6-18-7-8/h8H,2-7H2,1H3,(H,14,17). The minimum absolute atomic E-state index is 0.00729. The molecule has 0 amide bonds. The third-order valence-corrected chi connectivity index (χ3v) is 4.70. The van der Waals surface area contributed by atoms with Gasteiger partial charge in [0.15, 0.2) is 0 Å². The highest BCUT2D eigenvalue weighted by Crippen LogP contribution is 2.25. The van der Waals surface area contributed by atoms with Gasteiger partial charge in [-0.2, -0.15) is 11.8 Å². The number of nitrogens with one attached hydrogen (secondary N) is 1. The van der Waals surface area contributed by atoms with E-state index in [-0.39, 0.29) is 22.4 Å². The molecule has 6 heteroatoms. The maximum Gasteiger partial charge on any atom is 0.329 e. The molecule has 0 aliphatic carbocycles. The van der Waals surface area contributed by atoms with E-state index in [0.717, 1.165) is 30.8 Å². The van der Waals surface area contributed by atoms with Crippen molar-refractivity contribution in [3.63, 3.8) is 0 Å². The second kappa shape index (κ2) is 5.97.